The summed E-state index contributed by atoms with van der Waals surface area (Å²) in [4.78, 5) is 16.7. The summed E-state index contributed by atoms with van der Waals surface area (Å²) in [6.45, 7) is 1.62. The largest absolute Gasteiger partial charge is 0.481 e. The SMILES string of the molecule is COc1cccc(CN[C@@H]2CC[C@H](C(F)(F)F)N(C(C)=O)C2)n1. The molecule has 1 aliphatic rings. The van der Waals surface area contributed by atoms with E-state index in [4.69, 9.17) is 4.74 Å². The van der Waals surface area contributed by atoms with Crippen molar-refractivity contribution < 1.29 is 22.7 Å². The number of hydrogen-bond acceptors (Lipinski definition) is 4. The Hall–Kier alpha value is -1.83. The lowest BCUT2D eigenvalue weighted by atomic mass is 9.97. The number of likely N-dealkylation sites (tertiary alicyclic amines) is 1. The van der Waals surface area contributed by atoms with Crippen LogP contribution in [0.4, 0.5) is 13.2 Å². The molecule has 1 aliphatic heterocycles. The second kappa shape index (κ2) is 7.16. The molecule has 1 N–H and O–H groups in total. The van der Waals surface area contributed by atoms with Crippen LogP contribution < -0.4 is 10.1 Å². The number of rotatable bonds is 4. The van der Waals surface area contributed by atoms with E-state index in [0.29, 0.717) is 18.8 Å². The number of amides is 1. The molecule has 1 fully saturated rings. The zero-order chi connectivity index (χ0) is 17.0. The van der Waals surface area contributed by atoms with E-state index in [0.717, 1.165) is 10.6 Å². The minimum Gasteiger partial charge on any atom is -0.481 e. The first-order valence-electron chi connectivity index (χ1n) is 7.38. The molecule has 2 heterocycles. The number of carbonyl (C=O) groups excluding carboxylic acids is 1. The van der Waals surface area contributed by atoms with Crippen LogP contribution in [0.5, 0.6) is 5.88 Å². The summed E-state index contributed by atoms with van der Waals surface area (Å²) in [5.41, 5.74) is 0.733. The van der Waals surface area contributed by atoms with Crippen LogP contribution in [0.1, 0.15) is 25.5 Å². The van der Waals surface area contributed by atoms with Crippen LogP contribution >= 0.6 is 0 Å². The predicted molar refractivity (Wildman–Crippen MR) is 77.9 cm³/mol. The first-order valence-corrected chi connectivity index (χ1v) is 7.38. The van der Waals surface area contributed by atoms with Gasteiger partial charge in [0.15, 0.2) is 0 Å². The van der Waals surface area contributed by atoms with E-state index in [1.54, 1.807) is 18.2 Å². The van der Waals surface area contributed by atoms with Crippen molar-refractivity contribution in [3.8, 4) is 5.88 Å². The van der Waals surface area contributed by atoms with Gasteiger partial charge in [-0.1, -0.05) is 6.07 Å². The highest BCUT2D eigenvalue weighted by molar-refractivity contribution is 5.74. The van der Waals surface area contributed by atoms with Crippen LogP contribution in [0.25, 0.3) is 0 Å². The maximum Gasteiger partial charge on any atom is 0.408 e. The predicted octanol–water partition coefficient (Wildman–Crippen LogP) is 2.12. The number of piperidine rings is 1. The Balaban J connectivity index is 1.96. The van der Waals surface area contributed by atoms with Crippen molar-refractivity contribution in [3.63, 3.8) is 0 Å². The van der Waals surface area contributed by atoms with Gasteiger partial charge in [-0.2, -0.15) is 13.2 Å². The third kappa shape index (κ3) is 4.57. The van der Waals surface area contributed by atoms with Crippen molar-refractivity contribution in [1.29, 1.82) is 0 Å². The van der Waals surface area contributed by atoms with E-state index < -0.39 is 18.1 Å². The number of aromatic nitrogens is 1. The average Bonchev–Trinajstić information content (AvgIpc) is 2.52. The van der Waals surface area contributed by atoms with Crippen LogP contribution in [-0.2, 0) is 11.3 Å². The van der Waals surface area contributed by atoms with E-state index in [9.17, 15) is 18.0 Å². The molecule has 0 radical (unpaired) electrons. The van der Waals surface area contributed by atoms with Crippen LogP contribution in [0.3, 0.4) is 0 Å². The van der Waals surface area contributed by atoms with E-state index in [1.165, 1.54) is 14.0 Å². The monoisotopic (exact) mass is 331 g/mol. The highest BCUT2D eigenvalue weighted by Gasteiger charge is 2.47. The van der Waals surface area contributed by atoms with Crippen LogP contribution in [0, 0.1) is 0 Å². The summed E-state index contributed by atoms with van der Waals surface area (Å²) in [7, 11) is 1.52. The molecule has 2 rings (SSSR count). The molecule has 23 heavy (non-hydrogen) atoms. The second-order valence-electron chi connectivity index (χ2n) is 5.56. The van der Waals surface area contributed by atoms with E-state index in [-0.39, 0.29) is 19.0 Å². The number of ether oxygens (including phenoxy) is 1. The molecule has 0 spiro atoms. The molecule has 1 aromatic rings. The minimum absolute atomic E-state index is 0.0451. The lowest BCUT2D eigenvalue weighted by Gasteiger charge is -2.40. The Morgan fingerprint density at radius 2 is 2.17 bits per heavy atom. The fourth-order valence-corrected chi connectivity index (χ4v) is 2.74. The van der Waals surface area contributed by atoms with Crippen LogP contribution in [0.15, 0.2) is 18.2 Å². The van der Waals surface area contributed by atoms with Gasteiger partial charge in [0, 0.05) is 32.1 Å². The summed E-state index contributed by atoms with van der Waals surface area (Å²) in [5, 5.41) is 3.17. The zero-order valence-electron chi connectivity index (χ0n) is 13.1. The maximum absolute atomic E-state index is 13.0. The maximum atomic E-state index is 13.0. The smallest absolute Gasteiger partial charge is 0.408 e. The van der Waals surface area contributed by atoms with Gasteiger partial charge in [0.25, 0.3) is 0 Å². The Labute approximate surface area is 132 Å². The first kappa shape index (κ1) is 17.5. The van der Waals surface area contributed by atoms with Crippen molar-refractivity contribution in [2.24, 2.45) is 0 Å². The lowest BCUT2D eigenvalue weighted by molar-refractivity contribution is -0.196. The third-order valence-electron chi connectivity index (χ3n) is 3.93. The fourth-order valence-electron chi connectivity index (χ4n) is 2.74. The number of hydrogen-bond donors (Lipinski definition) is 1. The highest BCUT2D eigenvalue weighted by atomic mass is 19.4. The number of methoxy groups -OCH3 is 1. The molecule has 1 aromatic heterocycles. The fraction of sp³-hybridized carbons (Fsp3) is 0.600. The van der Waals surface area contributed by atoms with Crippen molar-refractivity contribution in [3.05, 3.63) is 23.9 Å². The number of pyridine rings is 1. The van der Waals surface area contributed by atoms with Gasteiger partial charge >= 0.3 is 6.18 Å². The quantitative estimate of drug-likeness (QED) is 0.918. The molecule has 1 saturated heterocycles. The van der Waals surface area contributed by atoms with Crippen molar-refractivity contribution in [2.45, 2.75) is 44.6 Å². The molecule has 0 unspecified atom stereocenters. The second-order valence-corrected chi connectivity index (χ2v) is 5.56. The van der Waals surface area contributed by atoms with Gasteiger partial charge in [0.2, 0.25) is 11.8 Å². The molecule has 0 bridgehead atoms. The van der Waals surface area contributed by atoms with Gasteiger partial charge in [-0.3, -0.25) is 4.79 Å². The number of halogens is 3. The number of nitrogens with one attached hydrogen (secondary N) is 1. The van der Waals surface area contributed by atoms with Gasteiger partial charge in [-0.25, -0.2) is 4.98 Å². The molecule has 0 saturated carbocycles. The minimum atomic E-state index is -4.38. The molecule has 0 aromatic carbocycles. The van der Waals surface area contributed by atoms with Gasteiger partial charge in [-0.15, -0.1) is 0 Å². The lowest BCUT2D eigenvalue weighted by Crippen LogP contribution is -2.57. The van der Waals surface area contributed by atoms with Crippen molar-refractivity contribution in [1.82, 2.24) is 15.2 Å². The van der Waals surface area contributed by atoms with E-state index in [1.807, 2.05) is 0 Å². The number of carbonyl (C=O) groups is 1. The number of nitrogens with zero attached hydrogens (tertiary/aromatic N) is 2. The summed E-state index contributed by atoms with van der Waals surface area (Å²) < 4.78 is 44.0. The van der Waals surface area contributed by atoms with Gasteiger partial charge in [0.05, 0.1) is 12.8 Å². The average molecular weight is 331 g/mol. The normalized spacial score (nSPS) is 22.0. The summed E-state index contributed by atoms with van der Waals surface area (Å²) in [6, 6.07) is 3.44. The summed E-state index contributed by atoms with van der Waals surface area (Å²) >= 11 is 0. The molecule has 5 nitrogen and oxygen atoms in total. The Morgan fingerprint density at radius 1 is 1.43 bits per heavy atom. The van der Waals surface area contributed by atoms with Gasteiger partial charge in [0.1, 0.15) is 6.04 Å². The molecular formula is C15H20F3N3O2. The molecule has 0 aliphatic carbocycles. The first-order chi connectivity index (χ1) is 10.8. The van der Waals surface area contributed by atoms with Crippen LogP contribution in [-0.4, -0.2) is 47.7 Å². The molecule has 8 heteroatoms. The Kier molecular flexibility index (Phi) is 5.46. The topological polar surface area (TPSA) is 54.5 Å². The van der Waals surface area contributed by atoms with Gasteiger partial charge in [-0.05, 0) is 18.9 Å². The summed E-state index contributed by atoms with van der Waals surface area (Å²) in [5.74, 6) is -0.0752. The van der Waals surface area contributed by atoms with Gasteiger partial charge < -0.3 is 15.0 Å². The summed E-state index contributed by atoms with van der Waals surface area (Å²) in [6.07, 6.45) is -4.12. The number of alkyl halides is 3. The Bertz CT molecular complexity index is 551. The molecular weight excluding hydrogens is 311 g/mol. The molecule has 128 valence electrons. The van der Waals surface area contributed by atoms with E-state index in [2.05, 4.69) is 10.3 Å². The zero-order valence-corrected chi connectivity index (χ0v) is 13.1. The standard InChI is InChI=1S/C15H20F3N3O2/c1-10(22)21-9-12(6-7-13(21)15(16,17)18)19-8-11-4-3-5-14(20-11)23-2/h3-5,12-13,19H,6-9H2,1-2H3/t12-,13-/m1/s1. The Morgan fingerprint density at radius 3 is 2.78 bits per heavy atom. The van der Waals surface area contributed by atoms with Crippen LogP contribution in [0.2, 0.25) is 0 Å². The van der Waals surface area contributed by atoms with E-state index >= 15 is 0 Å². The third-order valence-corrected chi connectivity index (χ3v) is 3.93. The molecule has 1 amide bonds. The van der Waals surface area contributed by atoms with Crippen molar-refractivity contribution >= 4 is 5.91 Å². The molecule has 2 atom stereocenters. The highest BCUT2D eigenvalue weighted by Crippen LogP contribution is 2.32. The van der Waals surface area contributed by atoms with Crippen molar-refractivity contribution in [2.75, 3.05) is 13.7 Å².